The van der Waals surface area contributed by atoms with Gasteiger partial charge in [-0.1, -0.05) is 55.6 Å². The molecule has 0 bridgehead atoms. The molecule has 0 unspecified atom stereocenters. The van der Waals surface area contributed by atoms with E-state index in [2.05, 4.69) is 32.0 Å². The van der Waals surface area contributed by atoms with Gasteiger partial charge in [-0.05, 0) is 110 Å². The van der Waals surface area contributed by atoms with E-state index < -0.39 is 96.8 Å². The van der Waals surface area contributed by atoms with Gasteiger partial charge in [0.25, 0.3) is 17.3 Å². The van der Waals surface area contributed by atoms with Crippen molar-refractivity contribution in [2.75, 3.05) is 32.8 Å². The largest absolute Gasteiger partial charge is 0.490 e. The number of nitrogens with zero attached hydrogens (tertiary/aromatic N) is 4. The van der Waals surface area contributed by atoms with Gasteiger partial charge in [0.2, 0.25) is 35.4 Å². The maximum Gasteiger partial charge on any atom is 0.396 e. The number of likely N-dealkylation sites (tertiary alicyclic amines) is 1. The molecule has 3 saturated heterocycles. The van der Waals surface area contributed by atoms with Gasteiger partial charge in [0, 0.05) is 73.5 Å². The Kier molecular flexibility index (Phi) is 20.2. The molecule has 3 aromatic carbocycles. The summed E-state index contributed by atoms with van der Waals surface area (Å²) in [4.78, 5) is 134. The van der Waals surface area contributed by atoms with E-state index in [1.807, 2.05) is 39.0 Å². The third kappa shape index (κ3) is 15.3. The monoisotopic (exact) mass is 1210 g/mol. The third-order valence-corrected chi connectivity index (χ3v) is 16.8. The first-order valence-corrected chi connectivity index (χ1v) is 29.9. The van der Waals surface area contributed by atoms with E-state index in [0.29, 0.717) is 47.3 Å². The predicted molar refractivity (Wildman–Crippen MR) is 309 cm³/mol. The van der Waals surface area contributed by atoms with Gasteiger partial charge in [-0.3, -0.25) is 42.9 Å². The Balaban J connectivity index is 0.866. The van der Waals surface area contributed by atoms with Crippen molar-refractivity contribution in [3.63, 3.8) is 0 Å². The van der Waals surface area contributed by atoms with E-state index in [4.69, 9.17) is 37.8 Å². The van der Waals surface area contributed by atoms with Crippen LogP contribution in [-0.2, 0) is 39.8 Å². The zero-order valence-electron chi connectivity index (χ0n) is 47.3. The molecule has 5 aromatic rings. The number of terminal acetylenes is 1. The van der Waals surface area contributed by atoms with Crippen LogP contribution in [0.25, 0.3) is 10.9 Å². The van der Waals surface area contributed by atoms with Gasteiger partial charge in [-0.15, -0.1) is 6.42 Å². The number of primary amides is 1. The summed E-state index contributed by atoms with van der Waals surface area (Å²) in [7, 11) is -5.09. The molecule has 5 heterocycles. The number of hydrogen-bond acceptors (Lipinski definition) is 14. The standard InChI is InChI=1S/C59H69ClN9O15P/c1-6-35-12-14-36(15-13-35)33(4)62-56(75)47-27-42(71)29-68(47)58(77)52(32(2)3)49-28-51(66-84-49)82-24-8-10-37-9-7-11-48(53(37)60)83-31-40(17-21-50(61)72)63-55(74)46-20-18-41-22-23-67(34(5)70)30-45(57(76)69(41)46)65-54(73)44-26-39-25-38(16-19-43(39)64-44)59(78)85(79,80)81/h1,7,9,11-16,19,25-26,28,32-33,40-42,45-47,52,64,71H,8,10,17-18,20-24,27,29-31H2,2-5H3,(H2,61,72)(H,62,75)(H,63,74)(H,65,73)(H2,79,80,81)/t33-,40-,41+,42+,45-,46-,47-,52+/m0/s1. The number of hydrogen-bond donors (Lipinski definition) is 8. The molecule has 8 atom stereocenters. The van der Waals surface area contributed by atoms with Crippen LogP contribution in [0.5, 0.6) is 11.6 Å². The molecule has 26 heteroatoms. The minimum absolute atomic E-state index is 0.0351. The van der Waals surface area contributed by atoms with Gasteiger partial charge in [0.05, 0.1) is 29.8 Å². The highest BCUT2D eigenvalue weighted by Crippen LogP contribution is 2.40. The fraction of sp³-hybridized carbons (Fsp3) is 0.441. The molecule has 0 radical (unpaired) electrons. The van der Waals surface area contributed by atoms with Crippen molar-refractivity contribution in [2.24, 2.45) is 11.7 Å². The number of carbonyl (C=O) groups excluding carboxylic acids is 8. The Hall–Kier alpha value is -8.07. The molecule has 85 heavy (non-hydrogen) atoms. The quantitative estimate of drug-likeness (QED) is 0.0258. The summed E-state index contributed by atoms with van der Waals surface area (Å²) in [6.45, 7) is 6.85. The van der Waals surface area contributed by atoms with Crippen LogP contribution in [0, 0.1) is 18.3 Å². The van der Waals surface area contributed by atoms with Crippen LogP contribution >= 0.6 is 19.2 Å². The van der Waals surface area contributed by atoms with E-state index in [0.717, 1.165) is 5.56 Å². The number of ether oxygens (including phenoxy) is 2. The lowest BCUT2D eigenvalue weighted by Crippen LogP contribution is -2.61. The van der Waals surface area contributed by atoms with Gasteiger partial charge in [0.1, 0.15) is 42.1 Å². The smallest absolute Gasteiger partial charge is 0.396 e. The minimum atomic E-state index is -5.09. The Morgan fingerprint density at radius 1 is 0.953 bits per heavy atom. The lowest BCUT2D eigenvalue weighted by Gasteiger charge is -2.38. The molecule has 8 rings (SSSR count). The lowest BCUT2D eigenvalue weighted by molar-refractivity contribution is -0.145. The number of amides is 7. The van der Waals surface area contributed by atoms with Gasteiger partial charge in [0.15, 0.2) is 5.76 Å². The number of rotatable bonds is 23. The average molecular weight is 1210 g/mol. The number of H-pyrrole nitrogens is 1. The zero-order chi connectivity index (χ0) is 61.4. The first-order chi connectivity index (χ1) is 40.4. The molecular weight excluding hydrogens is 1140 g/mol. The summed E-state index contributed by atoms with van der Waals surface area (Å²) in [6.07, 6.45) is 6.50. The summed E-state index contributed by atoms with van der Waals surface area (Å²) in [6, 6.07) is 14.2. The zero-order valence-corrected chi connectivity index (χ0v) is 49.0. The van der Waals surface area contributed by atoms with E-state index >= 15 is 0 Å². The number of aromatic nitrogens is 2. The highest BCUT2D eigenvalue weighted by molar-refractivity contribution is 7.70. The van der Waals surface area contributed by atoms with Crippen molar-refractivity contribution in [1.29, 1.82) is 0 Å². The van der Waals surface area contributed by atoms with Crippen LogP contribution in [0.4, 0.5) is 0 Å². The lowest BCUT2D eigenvalue weighted by atomic mass is 9.91. The molecule has 7 amide bonds. The Bertz CT molecular complexity index is 3430. The summed E-state index contributed by atoms with van der Waals surface area (Å²) >= 11 is 6.89. The normalized spacial score (nSPS) is 19.9. The number of fused-ring (bicyclic) bond motifs is 2. The van der Waals surface area contributed by atoms with Crippen molar-refractivity contribution >= 4 is 77.0 Å². The third-order valence-electron chi connectivity index (χ3n) is 15.6. The first-order valence-electron chi connectivity index (χ1n) is 28.0. The summed E-state index contributed by atoms with van der Waals surface area (Å²) < 4.78 is 29.4. The van der Waals surface area contributed by atoms with Gasteiger partial charge >= 0.3 is 7.60 Å². The number of nitrogens with two attached hydrogens (primary N) is 1. The molecule has 3 aliphatic rings. The predicted octanol–water partition coefficient (Wildman–Crippen LogP) is 4.24. The second-order valence-electron chi connectivity index (χ2n) is 22.0. The van der Waals surface area contributed by atoms with Gasteiger partial charge in [-0.2, -0.15) is 0 Å². The highest BCUT2D eigenvalue weighted by atomic mass is 35.5. The molecular formula is C59H69ClN9O15P. The van der Waals surface area contributed by atoms with E-state index in [1.54, 1.807) is 30.3 Å². The van der Waals surface area contributed by atoms with Crippen molar-refractivity contribution in [1.82, 2.24) is 40.8 Å². The summed E-state index contributed by atoms with van der Waals surface area (Å²) in [5, 5.41) is 23.9. The van der Waals surface area contributed by atoms with Crippen LogP contribution < -0.4 is 31.2 Å². The van der Waals surface area contributed by atoms with Crippen molar-refractivity contribution in [2.45, 2.75) is 127 Å². The second-order valence-corrected chi connectivity index (χ2v) is 23.9. The number of aliphatic hydroxyl groups is 1. The van der Waals surface area contributed by atoms with Crippen LogP contribution in [-0.4, -0.2) is 156 Å². The van der Waals surface area contributed by atoms with Crippen LogP contribution in [0.2, 0.25) is 5.02 Å². The topological polar surface area (TPSA) is 346 Å². The van der Waals surface area contributed by atoms with Crippen molar-refractivity contribution in [3.8, 4) is 24.0 Å². The number of aliphatic hydroxyl groups excluding tert-OH is 1. The molecule has 0 aliphatic carbocycles. The average Bonchev–Trinajstić information content (AvgIpc) is 3.51. The van der Waals surface area contributed by atoms with E-state index in [-0.39, 0.29) is 104 Å². The number of carbonyl (C=O) groups is 8. The fourth-order valence-corrected chi connectivity index (χ4v) is 11.8. The van der Waals surface area contributed by atoms with E-state index in [9.17, 15) is 57.8 Å². The molecule has 3 fully saturated rings. The van der Waals surface area contributed by atoms with E-state index in [1.165, 1.54) is 45.9 Å². The molecule has 2 aromatic heterocycles. The van der Waals surface area contributed by atoms with Crippen molar-refractivity contribution in [3.05, 3.63) is 112 Å². The molecule has 3 aliphatic heterocycles. The SMILES string of the molecule is C#Cc1ccc([C@H](C)NC(=O)[C@@H]2C[C@@H](O)CN2C(=O)[C@@H](c2cc(OCCCc3cccc(OC[C@H](CCC(N)=O)NC(=O)[C@@H]4CC[C@@H]5CCN(C(C)=O)C[C@H](NC(=O)c6cc7cc(C(=O)P(=O)(O)O)ccc7[nH]6)C(=O)N54)c3Cl)no2)C(C)C)cc1. The molecule has 0 spiro atoms. The Morgan fingerprint density at radius 2 is 1.69 bits per heavy atom. The summed E-state index contributed by atoms with van der Waals surface area (Å²) in [5.74, 6) is -1.58. The second kappa shape index (κ2) is 27.3. The van der Waals surface area contributed by atoms with Gasteiger partial charge < -0.3 is 70.3 Å². The first kappa shape index (κ1) is 63.0. The highest BCUT2D eigenvalue weighted by Gasteiger charge is 2.47. The number of β-amino-alcohol motifs (C(OH)–C–C–N with tert-alkyl or cyclic N) is 1. The number of benzene rings is 3. The molecule has 0 saturated carbocycles. The van der Waals surface area contributed by atoms with Crippen molar-refractivity contribution < 1.29 is 71.8 Å². The minimum Gasteiger partial charge on any atom is -0.490 e. The number of aryl methyl sites for hydroxylation is 1. The Labute approximate surface area is 495 Å². The molecule has 452 valence electrons. The Morgan fingerprint density at radius 3 is 2.39 bits per heavy atom. The molecule has 9 N–H and O–H groups in total. The number of aromatic amines is 1. The summed E-state index contributed by atoms with van der Waals surface area (Å²) in [5.41, 5.74) is 6.42. The van der Waals surface area contributed by atoms with Crippen LogP contribution in [0.1, 0.15) is 128 Å². The maximum atomic E-state index is 14.6. The number of nitrogens with one attached hydrogen (secondary N) is 4. The van der Waals surface area contributed by atoms with Crippen LogP contribution in [0.15, 0.2) is 77.3 Å². The molecule has 24 nitrogen and oxygen atoms in total. The van der Waals surface area contributed by atoms with Gasteiger partial charge in [-0.25, -0.2) is 0 Å². The maximum absolute atomic E-state index is 14.6. The van der Waals surface area contributed by atoms with Crippen LogP contribution in [0.3, 0.4) is 0 Å². The number of halogens is 1. The fourth-order valence-electron chi connectivity index (χ4n) is 11.1.